The van der Waals surface area contributed by atoms with Crippen LogP contribution in [0.4, 0.5) is 0 Å². The number of thiophene rings is 1. The van der Waals surface area contributed by atoms with Gasteiger partial charge in [-0.05, 0) is 23.1 Å². The minimum absolute atomic E-state index is 1.08. The SMILES string of the molecule is Cc1cc(S)c(/C=C\I)s1. The van der Waals surface area contributed by atoms with E-state index in [1.54, 1.807) is 11.3 Å². The van der Waals surface area contributed by atoms with Crippen molar-refractivity contribution in [1.82, 2.24) is 0 Å². The molecule has 0 aromatic carbocycles. The van der Waals surface area contributed by atoms with Gasteiger partial charge in [-0.25, -0.2) is 0 Å². The Morgan fingerprint density at radius 2 is 2.40 bits per heavy atom. The van der Waals surface area contributed by atoms with Gasteiger partial charge in [-0.15, -0.1) is 24.0 Å². The molecule has 0 spiro atoms. The van der Waals surface area contributed by atoms with Crippen molar-refractivity contribution in [3.05, 3.63) is 19.9 Å². The van der Waals surface area contributed by atoms with Crippen molar-refractivity contribution >= 4 is 52.6 Å². The first kappa shape index (κ1) is 8.62. The van der Waals surface area contributed by atoms with Crippen molar-refractivity contribution in [3.63, 3.8) is 0 Å². The maximum Gasteiger partial charge on any atom is 0.0410 e. The van der Waals surface area contributed by atoms with Crippen molar-refractivity contribution in [2.24, 2.45) is 0 Å². The second kappa shape index (κ2) is 3.78. The van der Waals surface area contributed by atoms with E-state index in [0.29, 0.717) is 0 Å². The van der Waals surface area contributed by atoms with E-state index in [4.69, 9.17) is 0 Å². The van der Waals surface area contributed by atoms with Crippen LogP contribution < -0.4 is 0 Å². The van der Waals surface area contributed by atoms with E-state index in [0.717, 1.165) is 4.90 Å². The summed E-state index contributed by atoms with van der Waals surface area (Å²) in [5, 5.41) is 0. The molecule has 3 heteroatoms. The number of thiol groups is 1. The Hall–Kier alpha value is 0.520. The summed E-state index contributed by atoms with van der Waals surface area (Å²) < 4.78 is 2.00. The molecule has 0 bridgehead atoms. The predicted octanol–water partition coefficient (Wildman–Crippen LogP) is 3.75. The first-order valence-corrected chi connectivity index (χ1v) is 5.31. The summed E-state index contributed by atoms with van der Waals surface area (Å²) in [6.45, 7) is 2.09. The van der Waals surface area contributed by atoms with E-state index >= 15 is 0 Å². The monoisotopic (exact) mass is 282 g/mol. The van der Waals surface area contributed by atoms with Crippen LogP contribution in [0.5, 0.6) is 0 Å². The van der Waals surface area contributed by atoms with Gasteiger partial charge in [0.05, 0.1) is 0 Å². The van der Waals surface area contributed by atoms with Gasteiger partial charge in [0.1, 0.15) is 0 Å². The smallest absolute Gasteiger partial charge is 0.0410 e. The fraction of sp³-hybridized carbons (Fsp3) is 0.143. The zero-order chi connectivity index (χ0) is 7.56. The highest BCUT2D eigenvalue weighted by molar-refractivity contribution is 14.1. The fourth-order valence-corrected chi connectivity index (χ4v) is 2.61. The maximum absolute atomic E-state index is 4.31. The first-order chi connectivity index (χ1) is 4.74. The van der Waals surface area contributed by atoms with Crippen LogP contribution in [-0.2, 0) is 0 Å². The molecule has 54 valence electrons. The molecule has 0 fully saturated rings. The molecule has 1 aromatic rings. The molecule has 0 aliphatic heterocycles. The van der Waals surface area contributed by atoms with E-state index in [1.807, 2.05) is 4.08 Å². The number of halogens is 1. The quantitative estimate of drug-likeness (QED) is 0.588. The van der Waals surface area contributed by atoms with E-state index in [9.17, 15) is 0 Å². The number of hydrogen-bond donors (Lipinski definition) is 1. The van der Waals surface area contributed by atoms with Gasteiger partial charge >= 0.3 is 0 Å². The van der Waals surface area contributed by atoms with Crippen molar-refractivity contribution in [2.75, 3.05) is 0 Å². The molecule has 0 amide bonds. The molecule has 0 atom stereocenters. The molecule has 0 unspecified atom stereocenters. The third-order valence-electron chi connectivity index (χ3n) is 1.08. The lowest BCUT2D eigenvalue weighted by Gasteiger charge is -1.83. The van der Waals surface area contributed by atoms with E-state index in [1.165, 1.54) is 9.75 Å². The summed E-state index contributed by atoms with van der Waals surface area (Å²) in [5.74, 6) is 0. The average Bonchev–Trinajstić information content (AvgIpc) is 2.13. The Morgan fingerprint density at radius 3 is 2.80 bits per heavy atom. The van der Waals surface area contributed by atoms with Gasteiger partial charge < -0.3 is 0 Å². The number of aryl methyl sites for hydroxylation is 1. The highest BCUT2D eigenvalue weighted by Gasteiger charge is 1.97. The lowest BCUT2D eigenvalue weighted by molar-refractivity contribution is 1.51. The summed E-state index contributed by atoms with van der Waals surface area (Å²) >= 11 is 8.29. The standard InChI is InChI=1S/C7H7IS2/c1-5-4-6(9)7(10-5)2-3-8/h2-4,9H,1H3/b3-2-. The molecule has 0 aliphatic carbocycles. The molecule has 0 saturated carbocycles. The Balaban J connectivity index is 3.03. The predicted molar refractivity (Wildman–Crippen MR) is 59.4 cm³/mol. The number of hydrogen-bond acceptors (Lipinski definition) is 2. The molecular formula is C7H7IS2. The van der Waals surface area contributed by atoms with E-state index in [2.05, 4.69) is 54.3 Å². The zero-order valence-electron chi connectivity index (χ0n) is 5.47. The second-order valence-electron chi connectivity index (χ2n) is 1.90. The van der Waals surface area contributed by atoms with Crippen LogP contribution in [0.15, 0.2) is 15.0 Å². The van der Waals surface area contributed by atoms with Gasteiger partial charge in [0.15, 0.2) is 0 Å². The molecule has 0 aliphatic rings. The van der Waals surface area contributed by atoms with Gasteiger partial charge in [-0.1, -0.05) is 22.6 Å². The van der Waals surface area contributed by atoms with Crippen molar-refractivity contribution in [3.8, 4) is 0 Å². The molecule has 0 N–H and O–H groups in total. The van der Waals surface area contributed by atoms with Crippen LogP contribution in [0, 0.1) is 6.92 Å². The van der Waals surface area contributed by atoms with E-state index in [-0.39, 0.29) is 0 Å². The van der Waals surface area contributed by atoms with Crippen LogP contribution >= 0.6 is 46.6 Å². The first-order valence-electron chi connectivity index (χ1n) is 2.80. The van der Waals surface area contributed by atoms with Gasteiger partial charge in [-0.2, -0.15) is 0 Å². The van der Waals surface area contributed by atoms with Crippen molar-refractivity contribution in [2.45, 2.75) is 11.8 Å². The minimum atomic E-state index is 1.08. The van der Waals surface area contributed by atoms with Crippen molar-refractivity contribution in [1.29, 1.82) is 0 Å². The van der Waals surface area contributed by atoms with Crippen LogP contribution in [-0.4, -0.2) is 0 Å². The second-order valence-corrected chi connectivity index (χ2v) is 4.39. The Kier molecular flexibility index (Phi) is 3.26. The van der Waals surface area contributed by atoms with Crippen LogP contribution in [0.25, 0.3) is 6.08 Å². The van der Waals surface area contributed by atoms with Gasteiger partial charge in [0.2, 0.25) is 0 Å². The molecular weight excluding hydrogens is 275 g/mol. The van der Waals surface area contributed by atoms with Crippen LogP contribution in [0.3, 0.4) is 0 Å². The Bertz CT molecular complexity index is 250. The number of rotatable bonds is 1. The van der Waals surface area contributed by atoms with E-state index < -0.39 is 0 Å². The average molecular weight is 282 g/mol. The molecule has 0 saturated heterocycles. The highest BCUT2D eigenvalue weighted by Crippen LogP contribution is 2.26. The fourth-order valence-electron chi connectivity index (χ4n) is 0.695. The molecule has 10 heavy (non-hydrogen) atoms. The topological polar surface area (TPSA) is 0 Å². The highest BCUT2D eigenvalue weighted by atomic mass is 127. The summed E-state index contributed by atoms with van der Waals surface area (Å²) in [6.07, 6.45) is 2.07. The van der Waals surface area contributed by atoms with Crippen LogP contribution in [0.1, 0.15) is 9.75 Å². The largest absolute Gasteiger partial charge is 0.142 e. The third-order valence-corrected chi connectivity index (χ3v) is 2.97. The summed E-state index contributed by atoms with van der Waals surface area (Å²) in [7, 11) is 0. The van der Waals surface area contributed by atoms with Crippen molar-refractivity contribution < 1.29 is 0 Å². The normalized spacial score (nSPS) is 11.1. The van der Waals surface area contributed by atoms with Gasteiger partial charge in [0, 0.05) is 14.6 Å². The summed E-state index contributed by atoms with van der Waals surface area (Å²) in [6, 6.07) is 2.08. The molecule has 1 aromatic heterocycles. The Morgan fingerprint density at radius 1 is 1.70 bits per heavy atom. The maximum atomic E-state index is 4.31. The minimum Gasteiger partial charge on any atom is -0.142 e. The Labute approximate surface area is 83.9 Å². The zero-order valence-corrected chi connectivity index (χ0v) is 9.33. The summed E-state index contributed by atoms with van der Waals surface area (Å²) in [5.41, 5.74) is 0. The third kappa shape index (κ3) is 2.00. The van der Waals surface area contributed by atoms with Crippen LogP contribution in [0.2, 0.25) is 0 Å². The van der Waals surface area contributed by atoms with Gasteiger partial charge in [-0.3, -0.25) is 0 Å². The molecule has 0 radical (unpaired) electrons. The lowest BCUT2D eigenvalue weighted by atomic mass is 10.4. The van der Waals surface area contributed by atoms with Gasteiger partial charge in [0.25, 0.3) is 0 Å². The lowest BCUT2D eigenvalue weighted by Crippen LogP contribution is -1.57. The molecule has 0 nitrogen and oxygen atoms in total. The summed E-state index contributed by atoms with van der Waals surface area (Å²) in [4.78, 5) is 3.64. The molecule has 1 rings (SSSR count). The molecule has 1 heterocycles.